The third-order valence-corrected chi connectivity index (χ3v) is 5.75. The van der Waals surface area contributed by atoms with E-state index in [4.69, 9.17) is 0 Å². The van der Waals surface area contributed by atoms with E-state index < -0.39 is 17.9 Å². The van der Waals surface area contributed by atoms with E-state index in [9.17, 15) is 14.4 Å². The zero-order chi connectivity index (χ0) is 20.9. The van der Waals surface area contributed by atoms with Crippen molar-refractivity contribution in [3.63, 3.8) is 0 Å². The van der Waals surface area contributed by atoms with Gasteiger partial charge in [-0.3, -0.25) is 14.4 Å². The molecule has 0 spiro atoms. The normalized spacial score (nSPS) is 11.6. The van der Waals surface area contributed by atoms with E-state index in [0.29, 0.717) is 21.8 Å². The number of carbonyl (C=O) groups is 3. The van der Waals surface area contributed by atoms with E-state index in [1.807, 2.05) is 6.26 Å². The molecule has 0 saturated carbocycles. The van der Waals surface area contributed by atoms with Crippen LogP contribution in [-0.4, -0.2) is 65.2 Å². The highest BCUT2D eigenvalue weighted by atomic mass is 79.9. The van der Waals surface area contributed by atoms with Crippen LogP contribution >= 0.6 is 39.5 Å². The van der Waals surface area contributed by atoms with Crippen LogP contribution in [0, 0.1) is 0 Å². The lowest BCUT2D eigenvalue weighted by molar-refractivity contribution is -0.140. The molecule has 0 aliphatic heterocycles. The Morgan fingerprint density at radius 3 is 2.71 bits per heavy atom. The summed E-state index contributed by atoms with van der Waals surface area (Å²) in [5.41, 5.74) is 0.185. The van der Waals surface area contributed by atoms with Crippen molar-refractivity contribution in [2.75, 3.05) is 31.4 Å². The first kappa shape index (κ1) is 24.7. The van der Waals surface area contributed by atoms with Crippen molar-refractivity contribution in [3.05, 3.63) is 16.4 Å². The molecule has 0 aliphatic rings. The molecule has 0 aromatic carbocycles. The third-order valence-electron chi connectivity index (χ3n) is 3.46. The Bertz CT molecular complexity index is 679. The molecule has 1 rings (SSSR count). The summed E-state index contributed by atoms with van der Waals surface area (Å²) in [4.78, 5) is 44.8. The average Bonchev–Trinajstić information content (AvgIpc) is 2.69. The number of rotatable bonds is 12. The minimum atomic E-state index is -0.730. The first-order valence-electron chi connectivity index (χ1n) is 8.72. The van der Waals surface area contributed by atoms with Crippen LogP contribution < -0.4 is 10.6 Å². The molecule has 2 N–H and O–H groups in total. The van der Waals surface area contributed by atoms with Crippen molar-refractivity contribution in [2.45, 2.75) is 37.4 Å². The van der Waals surface area contributed by atoms with E-state index in [-0.39, 0.29) is 24.6 Å². The van der Waals surface area contributed by atoms with Crippen LogP contribution in [0.4, 0.5) is 0 Å². The molecule has 0 saturated heterocycles. The van der Waals surface area contributed by atoms with Gasteiger partial charge in [0.25, 0.3) is 5.91 Å². The molecule has 1 atom stereocenters. The lowest BCUT2D eigenvalue weighted by Crippen LogP contribution is -2.47. The molecule has 1 aromatic rings. The molecule has 0 radical (unpaired) electrons. The minimum Gasteiger partial charge on any atom is -0.469 e. The van der Waals surface area contributed by atoms with Gasteiger partial charge >= 0.3 is 5.97 Å². The second kappa shape index (κ2) is 13.8. The predicted molar refractivity (Wildman–Crippen MR) is 115 cm³/mol. The highest BCUT2D eigenvalue weighted by Gasteiger charge is 2.23. The summed E-state index contributed by atoms with van der Waals surface area (Å²) in [6.07, 6.45) is 4.95. The van der Waals surface area contributed by atoms with E-state index in [0.717, 1.165) is 12.2 Å². The Balaban J connectivity index is 2.80. The van der Waals surface area contributed by atoms with Gasteiger partial charge in [-0.25, -0.2) is 9.97 Å². The molecule has 156 valence electrons. The maximum Gasteiger partial charge on any atom is 0.307 e. The van der Waals surface area contributed by atoms with Gasteiger partial charge in [0.15, 0.2) is 5.16 Å². The molecular weight excluding hydrogens is 468 g/mol. The summed E-state index contributed by atoms with van der Waals surface area (Å²) in [6.45, 7) is 2.20. The number of hydrogen-bond acceptors (Lipinski definition) is 8. The minimum absolute atomic E-state index is 0.0703. The summed E-state index contributed by atoms with van der Waals surface area (Å²) >= 11 is 6.33. The summed E-state index contributed by atoms with van der Waals surface area (Å²) in [7, 11) is 1.29. The number of nitrogens with one attached hydrogen (secondary N) is 2. The highest BCUT2D eigenvalue weighted by molar-refractivity contribution is 9.10. The Hall–Kier alpha value is -1.33. The molecule has 8 nitrogen and oxygen atoms in total. The van der Waals surface area contributed by atoms with Crippen molar-refractivity contribution < 1.29 is 19.1 Å². The largest absolute Gasteiger partial charge is 0.469 e. The number of aromatic nitrogens is 2. The molecule has 0 bridgehead atoms. The van der Waals surface area contributed by atoms with Crippen LogP contribution in [-0.2, 0) is 14.3 Å². The van der Waals surface area contributed by atoms with Gasteiger partial charge in [0.1, 0.15) is 11.7 Å². The summed E-state index contributed by atoms with van der Waals surface area (Å²) < 4.78 is 5.01. The van der Waals surface area contributed by atoms with E-state index in [2.05, 4.69) is 48.2 Å². The Morgan fingerprint density at radius 2 is 2.07 bits per heavy atom. The number of carbonyl (C=O) groups excluding carboxylic acids is 3. The Kier molecular flexibility index (Phi) is 12.2. The van der Waals surface area contributed by atoms with Gasteiger partial charge in [-0.05, 0) is 40.8 Å². The number of esters is 1. The van der Waals surface area contributed by atoms with Crippen molar-refractivity contribution in [2.24, 2.45) is 0 Å². The Labute approximate surface area is 181 Å². The smallest absolute Gasteiger partial charge is 0.307 e. The number of ether oxygens (including phenoxy) is 1. The monoisotopic (exact) mass is 492 g/mol. The lowest BCUT2D eigenvalue weighted by Gasteiger charge is -2.18. The van der Waals surface area contributed by atoms with Crippen LogP contribution in [0.2, 0.25) is 0 Å². The number of nitrogens with zero attached hydrogens (tertiary/aromatic N) is 2. The third kappa shape index (κ3) is 8.78. The SMILES string of the molecule is CCCSc1ncc(Br)c(C(=O)N[C@@H](CCSC)C(=O)NCCC(=O)OC)n1. The molecule has 11 heteroatoms. The maximum absolute atomic E-state index is 12.7. The zero-order valence-electron chi connectivity index (χ0n) is 16.1. The highest BCUT2D eigenvalue weighted by Crippen LogP contribution is 2.19. The van der Waals surface area contributed by atoms with Gasteiger partial charge in [0.2, 0.25) is 5.91 Å². The van der Waals surface area contributed by atoms with Crippen molar-refractivity contribution in [1.29, 1.82) is 0 Å². The van der Waals surface area contributed by atoms with E-state index in [1.54, 1.807) is 11.8 Å². The van der Waals surface area contributed by atoms with Gasteiger partial charge in [-0.15, -0.1) is 0 Å². The average molecular weight is 493 g/mol. The van der Waals surface area contributed by atoms with Crippen LogP contribution in [0.25, 0.3) is 0 Å². The van der Waals surface area contributed by atoms with Crippen molar-refractivity contribution >= 4 is 57.2 Å². The maximum atomic E-state index is 12.7. The van der Waals surface area contributed by atoms with E-state index in [1.165, 1.54) is 25.1 Å². The van der Waals surface area contributed by atoms with E-state index >= 15 is 0 Å². The number of halogens is 1. The topological polar surface area (TPSA) is 110 Å². The first-order chi connectivity index (χ1) is 13.4. The molecule has 0 unspecified atom stereocenters. The van der Waals surface area contributed by atoms with Crippen LogP contribution in [0.5, 0.6) is 0 Å². The second-order valence-electron chi connectivity index (χ2n) is 5.62. The van der Waals surface area contributed by atoms with Crippen LogP contribution in [0.3, 0.4) is 0 Å². The Morgan fingerprint density at radius 1 is 1.32 bits per heavy atom. The van der Waals surface area contributed by atoms with Crippen molar-refractivity contribution in [1.82, 2.24) is 20.6 Å². The predicted octanol–water partition coefficient (Wildman–Crippen LogP) is 2.27. The summed E-state index contributed by atoms with van der Waals surface area (Å²) in [5, 5.41) is 5.90. The fraction of sp³-hybridized carbons (Fsp3) is 0.588. The fourth-order valence-electron chi connectivity index (χ4n) is 2.02. The lowest BCUT2D eigenvalue weighted by atomic mass is 10.2. The van der Waals surface area contributed by atoms with Gasteiger partial charge in [0.05, 0.1) is 18.0 Å². The number of amides is 2. The number of hydrogen-bond donors (Lipinski definition) is 2. The molecule has 28 heavy (non-hydrogen) atoms. The summed E-state index contributed by atoms with van der Waals surface area (Å²) in [6, 6.07) is -0.730. The molecule has 0 fully saturated rings. The molecule has 1 aromatic heterocycles. The standard InChI is InChI=1S/C17H25BrN4O4S2/c1-4-8-28-17-20-10-11(18)14(22-17)16(25)21-12(6-9-27-3)15(24)19-7-5-13(23)26-2/h10,12H,4-9H2,1-3H3,(H,19,24)(H,21,25)/t12-/m0/s1. The summed E-state index contributed by atoms with van der Waals surface area (Å²) in [5.74, 6) is 0.324. The molecule has 1 heterocycles. The van der Waals surface area contributed by atoms with Gasteiger partial charge in [-0.2, -0.15) is 11.8 Å². The van der Waals surface area contributed by atoms with Crippen LogP contribution in [0.1, 0.15) is 36.7 Å². The second-order valence-corrected chi connectivity index (χ2v) is 8.52. The molecular formula is C17H25BrN4O4S2. The molecule has 2 amide bonds. The van der Waals surface area contributed by atoms with Gasteiger partial charge in [-0.1, -0.05) is 18.7 Å². The van der Waals surface area contributed by atoms with Crippen LogP contribution in [0.15, 0.2) is 15.8 Å². The van der Waals surface area contributed by atoms with Crippen molar-refractivity contribution in [3.8, 4) is 0 Å². The zero-order valence-corrected chi connectivity index (χ0v) is 19.3. The molecule has 0 aliphatic carbocycles. The van der Waals surface area contributed by atoms with Gasteiger partial charge in [0, 0.05) is 18.5 Å². The fourth-order valence-corrected chi connectivity index (χ4v) is 3.53. The first-order valence-corrected chi connectivity index (χ1v) is 11.9. The number of thioether (sulfide) groups is 2. The number of methoxy groups -OCH3 is 1. The van der Waals surface area contributed by atoms with Gasteiger partial charge < -0.3 is 15.4 Å². The quantitative estimate of drug-likeness (QED) is 0.259.